The Morgan fingerprint density at radius 1 is 1.44 bits per heavy atom. The lowest BCUT2D eigenvalue weighted by Crippen LogP contribution is -2.06. The van der Waals surface area contributed by atoms with Gasteiger partial charge in [-0.2, -0.15) is 8.78 Å². The number of ether oxygens (including phenoxy) is 1. The Hall–Kier alpha value is -1.65. The van der Waals surface area contributed by atoms with Crippen LogP contribution in [-0.2, 0) is 11.2 Å². The van der Waals surface area contributed by atoms with E-state index >= 15 is 0 Å². The molecule has 0 aromatic heterocycles. The number of hydrogen-bond acceptors (Lipinski definition) is 2. The summed E-state index contributed by atoms with van der Waals surface area (Å²) in [6.07, 6.45) is -0.201. The number of aliphatic carboxylic acids is 1. The summed E-state index contributed by atoms with van der Waals surface area (Å²) >= 11 is 0. The smallest absolute Gasteiger partial charge is 0.387 e. The van der Waals surface area contributed by atoms with Crippen LogP contribution in [0.25, 0.3) is 0 Å². The van der Waals surface area contributed by atoms with Gasteiger partial charge in [-0.15, -0.1) is 0 Å². The SMILES string of the molecule is Cc1cc(OC(F)F)cc(CC(=O)O)c1C. The van der Waals surface area contributed by atoms with Crippen molar-refractivity contribution in [1.82, 2.24) is 0 Å². The highest BCUT2D eigenvalue weighted by Gasteiger charge is 2.11. The standard InChI is InChI=1S/C11H12F2O3/c1-6-3-9(16-11(12)13)4-8(7(6)2)5-10(14)15/h3-4,11H,5H2,1-2H3,(H,14,15). The van der Waals surface area contributed by atoms with Crippen LogP contribution in [0.3, 0.4) is 0 Å². The third kappa shape index (κ3) is 3.18. The first-order chi connectivity index (χ1) is 7.40. The second-order valence-electron chi connectivity index (χ2n) is 3.47. The quantitative estimate of drug-likeness (QED) is 0.864. The lowest BCUT2D eigenvalue weighted by molar-refractivity contribution is -0.136. The van der Waals surface area contributed by atoms with Crippen LogP contribution in [0, 0.1) is 13.8 Å². The van der Waals surface area contributed by atoms with Crippen LogP contribution in [0.4, 0.5) is 8.78 Å². The molecule has 0 heterocycles. The van der Waals surface area contributed by atoms with E-state index in [2.05, 4.69) is 4.74 Å². The Morgan fingerprint density at radius 2 is 2.06 bits per heavy atom. The van der Waals surface area contributed by atoms with Crippen LogP contribution in [0.15, 0.2) is 12.1 Å². The van der Waals surface area contributed by atoms with Gasteiger partial charge in [-0.1, -0.05) is 0 Å². The van der Waals surface area contributed by atoms with Crippen molar-refractivity contribution in [3.63, 3.8) is 0 Å². The average Bonchev–Trinajstić information content (AvgIpc) is 2.11. The zero-order valence-electron chi connectivity index (χ0n) is 8.96. The van der Waals surface area contributed by atoms with Crippen molar-refractivity contribution in [2.75, 3.05) is 0 Å². The normalized spacial score (nSPS) is 10.6. The van der Waals surface area contributed by atoms with Crippen LogP contribution in [0.2, 0.25) is 0 Å². The first kappa shape index (κ1) is 12.4. The van der Waals surface area contributed by atoms with Crippen molar-refractivity contribution < 1.29 is 23.4 Å². The molecule has 1 rings (SSSR count). The third-order valence-corrected chi connectivity index (χ3v) is 2.32. The molecule has 0 aliphatic heterocycles. The number of hydrogen-bond donors (Lipinski definition) is 1. The van der Waals surface area contributed by atoms with Crippen LogP contribution in [0.1, 0.15) is 16.7 Å². The van der Waals surface area contributed by atoms with Gasteiger partial charge in [0.05, 0.1) is 6.42 Å². The van der Waals surface area contributed by atoms with Crippen molar-refractivity contribution in [2.45, 2.75) is 26.9 Å². The molecule has 0 saturated heterocycles. The summed E-state index contributed by atoms with van der Waals surface area (Å²) in [5.41, 5.74) is 2.00. The summed E-state index contributed by atoms with van der Waals surface area (Å²) < 4.78 is 28.3. The molecule has 88 valence electrons. The molecule has 0 saturated carbocycles. The van der Waals surface area contributed by atoms with E-state index in [1.54, 1.807) is 13.8 Å². The van der Waals surface area contributed by atoms with Crippen molar-refractivity contribution in [3.05, 3.63) is 28.8 Å². The minimum Gasteiger partial charge on any atom is -0.481 e. The highest BCUT2D eigenvalue weighted by molar-refractivity contribution is 5.71. The predicted octanol–water partition coefficient (Wildman–Crippen LogP) is 2.53. The number of carbonyl (C=O) groups is 1. The number of carboxylic acids is 1. The molecule has 0 radical (unpaired) electrons. The zero-order chi connectivity index (χ0) is 12.3. The Morgan fingerprint density at radius 3 is 2.56 bits per heavy atom. The molecular weight excluding hydrogens is 218 g/mol. The predicted molar refractivity (Wildman–Crippen MR) is 53.9 cm³/mol. The van der Waals surface area contributed by atoms with Crippen molar-refractivity contribution >= 4 is 5.97 Å². The van der Waals surface area contributed by atoms with Gasteiger partial charge in [0.1, 0.15) is 5.75 Å². The summed E-state index contributed by atoms with van der Waals surface area (Å²) in [6.45, 7) is 0.568. The molecule has 1 N–H and O–H groups in total. The van der Waals surface area contributed by atoms with Crippen molar-refractivity contribution in [3.8, 4) is 5.75 Å². The summed E-state index contributed by atoms with van der Waals surface area (Å²) in [6, 6.07) is 2.80. The minimum absolute atomic E-state index is 0.00523. The molecular formula is C11H12F2O3. The van der Waals surface area contributed by atoms with Gasteiger partial charge in [-0.25, -0.2) is 0 Å². The zero-order valence-corrected chi connectivity index (χ0v) is 8.96. The number of alkyl halides is 2. The molecule has 0 aliphatic rings. The van der Waals surface area contributed by atoms with E-state index < -0.39 is 12.6 Å². The van der Waals surface area contributed by atoms with Crippen molar-refractivity contribution in [2.24, 2.45) is 0 Å². The molecule has 5 heteroatoms. The molecule has 0 amide bonds. The van der Waals surface area contributed by atoms with Gasteiger partial charge in [0.15, 0.2) is 0 Å². The van der Waals surface area contributed by atoms with E-state index in [9.17, 15) is 13.6 Å². The summed E-state index contributed by atoms with van der Waals surface area (Å²) in [5.74, 6) is -1.01. The van der Waals surface area contributed by atoms with Gasteiger partial charge in [0.2, 0.25) is 0 Å². The maximum Gasteiger partial charge on any atom is 0.387 e. The molecule has 0 unspecified atom stereocenters. The van der Waals surface area contributed by atoms with Gasteiger partial charge >= 0.3 is 12.6 Å². The molecule has 16 heavy (non-hydrogen) atoms. The van der Waals surface area contributed by atoms with Crippen LogP contribution >= 0.6 is 0 Å². The highest BCUT2D eigenvalue weighted by atomic mass is 19.3. The lowest BCUT2D eigenvalue weighted by Gasteiger charge is -2.11. The second kappa shape index (κ2) is 4.92. The first-order valence-corrected chi connectivity index (χ1v) is 4.67. The summed E-state index contributed by atoms with van der Waals surface area (Å²) in [4.78, 5) is 10.6. The fourth-order valence-electron chi connectivity index (χ4n) is 1.41. The number of halogens is 2. The minimum atomic E-state index is -2.90. The Balaban J connectivity index is 3.06. The fourth-order valence-corrected chi connectivity index (χ4v) is 1.41. The van der Waals surface area contributed by atoms with E-state index in [1.807, 2.05) is 0 Å². The lowest BCUT2D eigenvalue weighted by atomic mass is 10.0. The number of rotatable bonds is 4. The Bertz CT molecular complexity index is 402. The van der Waals surface area contributed by atoms with Crippen LogP contribution < -0.4 is 4.74 Å². The topological polar surface area (TPSA) is 46.5 Å². The molecule has 3 nitrogen and oxygen atoms in total. The van der Waals surface area contributed by atoms with E-state index in [0.717, 1.165) is 11.1 Å². The molecule has 0 spiro atoms. The maximum absolute atomic E-state index is 12.0. The van der Waals surface area contributed by atoms with E-state index in [0.29, 0.717) is 5.56 Å². The number of carboxylic acid groups (broad SMARTS) is 1. The van der Waals surface area contributed by atoms with Gasteiger partial charge in [0, 0.05) is 0 Å². The number of benzene rings is 1. The summed E-state index contributed by atoms with van der Waals surface area (Å²) in [7, 11) is 0. The van der Waals surface area contributed by atoms with Crippen LogP contribution in [-0.4, -0.2) is 17.7 Å². The number of aryl methyl sites for hydroxylation is 1. The largest absolute Gasteiger partial charge is 0.481 e. The molecule has 0 fully saturated rings. The molecule has 0 bridgehead atoms. The van der Waals surface area contributed by atoms with E-state index in [4.69, 9.17) is 5.11 Å². The van der Waals surface area contributed by atoms with E-state index in [1.165, 1.54) is 12.1 Å². The maximum atomic E-state index is 12.0. The van der Waals surface area contributed by atoms with Gasteiger partial charge in [-0.05, 0) is 42.7 Å². The second-order valence-corrected chi connectivity index (χ2v) is 3.47. The average molecular weight is 230 g/mol. The van der Waals surface area contributed by atoms with Crippen molar-refractivity contribution in [1.29, 1.82) is 0 Å². The Labute approximate surface area is 91.7 Å². The third-order valence-electron chi connectivity index (χ3n) is 2.32. The van der Waals surface area contributed by atoms with E-state index in [-0.39, 0.29) is 12.2 Å². The molecule has 1 aromatic carbocycles. The summed E-state index contributed by atoms with van der Waals surface area (Å²) in [5, 5.41) is 8.67. The monoisotopic (exact) mass is 230 g/mol. The van der Waals surface area contributed by atoms with Crippen LogP contribution in [0.5, 0.6) is 5.75 Å². The molecule has 1 aromatic rings. The molecule has 0 aliphatic carbocycles. The Kier molecular flexibility index (Phi) is 3.82. The highest BCUT2D eigenvalue weighted by Crippen LogP contribution is 2.23. The fraction of sp³-hybridized carbons (Fsp3) is 0.364. The first-order valence-electron chi connectivity index (χ1n) is 4.67. The van der Waals surface area contributed by atoms with Gasteiger partial charge < -0.3 is 9.84 Å². The van der Waals surface area contributed by atoms with Gasteiger partial charge in [-0.3, -0.25) is 4.79 Å². The van der Waals surface area contributed by atoms with Gasteiger partial charge in [0.25, 0.3) is 0 Å². The molecule has 0 atom stereocenters.